The maximum atomic E-state index is 3.91. The lowest BCUT2D eigenvalue weighted by Gasteiger charge is -2.27. The molecule has 34 heavy (non-hydrogen) atoms. The van der Waals surface area contributed by atoms with Gasteiger partial charge in [0, 0.05) is 0 Å². The summed E-state index contributed by atoms with van der Waals surface area (Å²) in [5.41, 5.74) is 9.24. The van der Waals surface area contributed by atoms with Gasteiger partial charge in [-0.1, -0.05) is 90.1 Å². The van der Waals surface area contributed by atoms with Crippen LogP contribution in [-0.2, 0) is 23.7 Å². The van der Waals surface area contributed by atoms with Crippen LogP contribution in [0.5, 0.6) is 0 Å². The molecule has 2 aromatic rings. The lowest BCUT2D eigenvalue weighted by Crippen LogP contribution is -2.16. The van der Waals surface area contributed by atoms with E-state index in [1.165, 1.54) is 59.1 Å². The SMILES string of the molecule is C=CCCCCc1cc(C(C)(C)CC)ccc1-c1ccc(C(C)(C)CC)cc1CCCCC=C. The fourth-order valence-corrected chi connectivity index (χ4v) is 4.59. The maximum Gasteiger partial charge on any atom is -0.0106 e. The summed E-state index contributed by atoms with van der Waals surface area (Å²) in [5.74, 6) is 0. The number of allylic oxidation sites excluding steroid dienone is 2. The molecule has 0 saturated heterocycles. The zero-order valence-electron chi connectivity index (χ0n) is 23.1. The third-order valence-electron chi connectivity index (χ3n) is 8.04. The molecule has 0 aliphatic carbocycles. The van der Waals surface area contributed by atoms with Gasteiger partial charge in [0.25, 0.3) is 0 Å². The van der Waals surface area contributed by atoms with Crippen molar-refractivity contribution in [2.24, 2.45) is 0 Å². The summed E-state index contributed by atoms with van der Waals surface area (Å²) in [6, 6.07) is 14.6. The summed E-state index contributed by atoms with van der Waals surface area (Å²) in [6.07, 6.45) is 15.7. The van der Waals surface area contributed by atoms with E-state index < -0.39 is 0 Å². The Kier molecular flexibility index (Phi) is 10.9. The smallest absolute Gasteiger partial charge is 0.0106 e. The summed E-state index contributed by atoms with van der Waals surface area (Å²) in [5, 5.41) is 0. The molecule has 0 amide bonds. The predicted octanol–water partition coefficient (Wildman–Crippen LogP) is 10.5. The first-order valence-corrected chi connectivity index (χ1v) is 13.7. The van der Waals surface area contributed by atoms with E-state index in [0.717, 1.165) is 38.5 Å². The van der Waals surface area contributed by atoms with Crippen molar-refractivity contribution in [3.8, 4) is 11.1 Å². The molecule has 0 spiro atoms. The van der Waals surface area contributed by atoms with Crippen molar-refractivity contribution in [2.45, 2.75) is 117 Å². The maximum absolute atomic E-state index is 3.91. The first-order valence-electron chi connectivity index (χ1n) is 13.7. The molecule has 186 valence electrons. The number of hydrogen-bond donors (Lipinski definition) is 0. The van der Waals surface area contributed by atoms with E-state index in [1.807, 2.05) is 12.2 Å². The highest BCUT2D eigenvalue weighted by Crippen LogP contribution is 2.37. The van der Waals surface area contributed by atoms with Crippen LogP contribution in [0.1, 0.15) is 115 Å². The first kappa shape index (κ1) is 28.2. The molecule has 0 aromatic heterocycles. The Morgan fingerprint density at radius 3 is 1.32 bits per heavy atom. The van der Waals surface area contributed by atoms with Gasteiger partial charge in [0.05, 0.1) is 0 Å². The molecular weight excluding hydrogens is 408 g/mol. The Labute approximate surface area is 211 Å². The lowest BCUT2D eigenvalue weighted by molar-refractivity contribution is 0.505. The Bertz CT molecular complexity index is 848. The number of unbranched alkanes of at least 4 members (excludes halogenated alkanes) is 4. The molecule has 0 bridgehead atoms. The summed E-state index contributed by atoms with van der Waals surface area (Å²) in [4.78, 5) is 0. The van der Waals surface area contributed by atoms with E-state index >= 15 is 0 Å². The quantitative estimate of drug-likeness (QED) is 0.184. The van der Waals surface area contributed by atoms with Crippen molar-refractivity contribution in [1.29, 1.82) is 0 Å². The fourth-order valence-electron chi connectivity index (χ4n) is 4.59. The van der Waals surface area contributed by atoms with Crippen LogP contribution in [0.2, 0.25) is 0 Å². The van der Waals surface area contributed by atoms with Crippen molar-refractivity contribution in [2.75, 3.05) is 0 Å². The Balaban J connectivity index is 2.56. The molecule has 0 unspecified atom stereocenters. The second kappa shape index (κ2) is 13.1. The van der Waals surface area contributed by atoms with Gasteiger partial charge >= 0.3 is 0 Å². The van der Waals surface area contributed by atoms with Gasteiger partial charge < -0.3 is 0 Å². The summed E-state index contributed by atoms with van der Waals surface area (Å²) < 4.78 is 0. The molecule has 2 aromatic carbocycles. The van der Waals surface area contributed by atoms with Crippen LogP contribution in [-0.4, -0.2) is 0 Å². The van der Waals surface area contributed by atoms with E-state index in [9.17, 15) is 0 Å². The van der Waals surface area contributed by atoms with Gasteiger partial charge in [-0.2, -0.15) is 0 Å². The largest absolute Gasteiger partial charge is 0.103 e. The second-order valence-corrected chi connectivity index (χ2v) is 11.3. The molecular formula is C34H50. The van der Waals surface area contributed by atoms with Crippen LogP contribution in [0.3, 0.4) is 0 Å². The van der Waals surface area contributed by atoms with Gasteiger partial charge in [0.2, 0.25) is 0 Å². The highest BCUT2D eigenvalue weighted by molar-refractivity contribution is 5.72. The average molecular weight is 459 g/mol. The second-order valence-electron chi connectivity index (χ2n) is 11.3. The van der Waals surface area contributed by atoms with Gasteiger partial charge in [0.15, 0.2) is 0 Å². The molecule has 2 rings (SSSR count). The van der Waals surface area contributed by atoms with E-state index in [0.29, 0.717) is 0 Å². The van der Waals surface area contributed by atoms with Crippen molar-refractivity contribution >= 4 is 0 Å². The monoisotopic (exact) mass is 458 g/mol. The Morgan fingerprint density at radius 1 is 0.618 bits per heavy atom. The zero-order valence-corrected chi connectivity index (χ0v) is 23.1. The molecule has 0 heteroatoms. The van der Waals surface area contributed by atoms with E-state index in [2.05, 4.69) is 91.1 Å². The van der Waals surface area contributed by atoms with E-state index in [1.54, 1.807) is 0 Å². The molecule has 0 aliphatic heterocycles. The van der Waals surface area contributed by atoms with Crippen molar-refractivity contribution < 1.29 is 0 Å². The Morgan fingerprint density at radius 2 is 1.00 bits per heavy atom. The number of hydrogen-bond acceptors (Lipinski definition) is 0. The number of rotatable bonds is 15. The standard InChI is InChI=1S/C34H50/c1-9-13-15-17-19-27-25-29(33(5,6)11-3)21-23-31(27)32-24-22-30(34(7,8)12-4)26-28(32)20-18-16-14-10-2/h9-10,21-26H,1-2,11-20H2,3-8H3. The third-order valence-corrected chi connectivity index (χ3v) is 8.04. The van der Waals surface area contributed by atoms with Crippen molar-refractivity contribution in [3.05, 3.63) is 84.0 Å². The van der Waals surface area contributed by atoms with Crippen LogP contribution >= 0.6 is 0 Å². The average Bonchev–Trinajstić information content (AvgIpc) is 2.84. The van der Waals surface area contributed by atoms with Gasteiger partial charge in [-0.15, -0.1) is 13.2 Å². The minimum Gasteiger partial charge on any atom is -0.103 e. The topological polar surface area (TPSA) is 0 Å². The summed E-state index contributed by atoms with van der Waals surface area (Å²) in [6.45, 7) is 21.9. The van der Waals surface area contributed by atoms with E-state index in [4.69, 9.17) is 0 Å². The van der Waals surface area contributed by atoms with Crippen LogP contribution in [0, 0.1) is 0 Å². The molecule has 0 aliphatic rings. The highest BCUT2D eigenvalue weighted by Gasteiger charge is 2.22. The zero-order chi connectivity index (χ0) is 25.2. The van der Waals surface area contributed by atoms with Crippen molar-refractivity contribution in [3.63, 3.8) is 0 Å². The molecule has 0 saturated carbocycles. The third kappa shape index (κ3) is 7.46. The highest BCUT2D eigenvalue weighted by atomic mass is 14.3. The van der Waals surface area contributed by atoms with Crippen LogP contribution in [0.4, 0.5) is 0 Å². The molecule has 0 atom stereocenters. The van der Waals surface area contributed by atoms with Crippen LogP contribution in [0.25, 0.3) is 11.1 Å². The van der Waals surface area contributed by atoms with Gasteiger partial charge in [0.1, 0.15) is 0 Å². The number of aryl methyl sites for hydroxylation is 2. The lowest BCUT2D eigenvalue weighted by atomic mass is 9.78. The molecule has 0 N–H and O–H groups in total. The minimum atomic E-state index is 0.205. The van der Waals surface area contributed by atoms with Gasteiger partial charge in [-0.05, 0) is 108 Å². The molecule has 0 nitrogen and oxygen atoms in total. The first-order chi connectivity index (χ1) is 16.2. The summed E-state index contributed by atoms with van der Waals surface area (Å²) >= 11 is 0. The van der Waals surface area contributed by atoms with E-state index in [-0.39, 0.29) is 10.8 Å². The predicted molar refractivity (Wildman–Crippen MR) is 154 cm³/mol. The number of benzene rings is 2. The Hall–Kier alpha value is -2.08. The normalized spacial score (nSPS) is 12.1. The minimum absolute atomic E-state index is 0.205. The summed E-state index contributed by atoms with van der Waals surface area (Å²) in [7, 11) is 0. The van der Waals surface area contributed by atoms with Crippen LogP contribution < -0.4 is 0 Å². The molecule has 0 radical (unpaired) electrons. The molecule has 0 fully saturated rings. The molecule has 0 heterocycles. The van der Waals surface area contributed by atoms with Gasteiger partial charge in [-0.25, -0.2) is 0 Å². The van der Waals surface area contributed by atoms with Crippen molar-refractivity contribution in [1.82, 2.24) is 0 Å². The van der Waals surface area contributed by atoms with Crippen LogP contribution in [0.15, 0.2) is 61.7 Å². The van der Waals surface area contributed by atoms with Gasteiger partial charge in [-0.3, -0.25) is 0 Å². The fraction of sp³-hybridized carbons (Fsp3) is 0.529.